The van der Waals surface area contributed by atoms with Crippen LogP contribution in [0.15, 0.2) is 11.6 Å². The summed E-state index contributed by atoms with van der Waals surface area (Å²) < 4.78 is 0. The zero-order valence-electron chi connectivity index (χ0n) is 10.6. The number of allylic oxidation sites excluding steroid dienone is 2. The van der Waals surface area contributed by atoms with Crippen molar-refractivity contribution in [3.8, 4) is 0 Å². The summed E-state index contributed by atoms with van der Waals surface area (Å²) in [5.74, 6) is 1.58. The average Bonchev–Trinajstić information content (AvgIpc) is 2.16. The van der Waals surface area contributed by atoms with E-state index in [0.717, 1.165) is 11.8 Å². The van der Waals surface area contributed by atoms with Crippen LogP contribution >= 0.6 is 0 Å². The van der Waals surface area contributed by atoms with E-state index in [4.69, 9.17) is 0 Å². The summed E-state index contributed by atoms with van der Waals surface area (Å²) in [5.41, 5.74) is 1.53. The molecule has 0 heterocycles. The van der Waals surface area contributed by atoms with Gasteiger partial charge in [-0.2, -0.15) is 0 Å². The predicted octanol–water partition coefficient (Wildman–Crippen LogP) is 5.05. The Morgan fingerprint density at radius 2 is 1.62 bits per heavy atom. The molecule has 0 heteroatoms. The molecule has 0 rings (SSSR count). The average molecular weight is 184 g/mol. The lowest BCUT2D eigenvalue weighted by molar-refractivity contribution is 0.450. The lowest BCUT2D eigenvalue weighted by Gasteiger charge is -2.15. The van der Waals surface area contributed by atoms with E-state index in [2.05, 4.69) is 40.7 Å². The quantitative estimate of drug-likeness (QED) is 0.536. The van der Waals surface area contributed by atoms with Crippen molar-refractivity contribution >= 4 is 0 Å². The molecule has 80 valence electrons. The Morgan fingerprint density at radius 1 is 1.15 bits per heavy atom. The van der Waals surface area contributed by atoms with Crippen molar-refractivity contribution in [2.24, 2.45) is 11.8 Å². The highest BCUT2D eigenvalue weighted by Crippen LogP contribution is 2.18. The molecule has 0 spiro atoms. The van der Waals surface area contributed by atoms with Gasteiger partial charge >= 0.3 is 0 Å². The maximum absolute atomic E-state index is 2.44. The fourth-order valence-electron chi connectivity index (χ4n) is 1.27. The summed E-state index contributed by atoms with van der Waals surface area (Å²) in [6, 6.07) is 0. The van der Waals surface area contributed by atoms with Gasteiger partial charge in [-0.25, -0.2) is 0 Å². The second kappa shape index (κ2) is 9.83. The lowest BCUT2D eigenvalue weighted by Crippen LogP contribution is -2.04. The third kappa shape index (κ3) is 8.08. The summed E-state index contributed by atoms with van der Waals surface area (Å²) in [4.78, 5) is 0. The van der Waals surface area contributed by atoms with Crippen molar-refractivity contribution in [3.63, 3.8) is 0 Å². The molecule has 0 aliphatic rings. The fourth-order valence-corrected chi connectivity index (χ4v) is 1.27. The van der Waals surface area contributed by atoms with Crippen LogP contribution in [0.4, 0.5) is 0 Å². The van der Waals surface area contributed by atoms with E-state index in [-0.39, 0.29) is 0 Å². The first kappa shape index (κ1) is 15.2. The monoisotopic (exact) mass is 184 g/mol. The Kier molecular flexibility index (Phi) is 11.5. The van der Waals surface area contributed by atoms with E-state index in [1.807, 2.05) is 13.8 Å². The van der Waals surface area contributed by atoms with Crippen LogP contribution in [-0.4, -0.2) is 0 Å². The van der Waals surface area contributed by atoms with Gasteiger partial charge in [0.1, 0.15) is 0 Å². The normalized spacial score (nSPS) is 13.7. The molecule has 0 fully saturated rings. The van der Waals surface area contributed by atoms with Gasteiger partial charge in [0.25, 0.3) is 0 Å². The Bertz CT molecular complexity index is 120. The smallest absolute Gasteiger partial charge is 0.0210 e. The van der Waals surface area contributed by atoms with E-state index in [9.17, 15) is 0 Å². The molecule has 13 heavy (non-hydrogen) atoms. The Hall–Kier alpha value is -0.260. The van der Waals surface area contributed by atoms with Crippen molar-refractivity contribution in [2.75, 3.05) is 0 Å². The minimum absolute atomic E-state index is 0.787. The van der Waals surface area contributed by atoms with Gasteiger partial charge in [0.2, 0.25) is 0 Å². The third-order valence-electron chi connectivity index (χ3n) is 2.38. The van der Waals surface area contributed by atoms with Crippen molar-refractivity contribution in [2.45, 2.75) is 61.3 Å². The van der Waals surface area contributed by atoms with Crippen LogP contribution in [0.5, 0.6) is 0 Å². The number of hydrogen-bond acceptors (Lipinski definition) is 0. The summed E-state index contributed by atoms with van der Waals surface area (Å²) in [5, 5.41) is 0. The van der Waals surface area contributed by atoms with Gasteiger partial charge in [-0.3, -0.25) is 0 Å². The first-order chi connectivity index (χ1) is 6.11. The molecule has 0 aromatic heterocycles. The highest BCUT2D eigenvalue weighted by atomic mass is 14.1. The second-order valence-electron chi connectivity index (χ2n) is 3.68. The molecule has 0 aliphatic carbocycles. The Balaban J connectivity index is 0. The molecule has 0 saturated carbocycles. The maximum atomic E-state index is 2.44. The van der Waals surface area contributed by atoms with Crippen LogP contribution in [0.25, 0.3) is 0 Å². The van der Waals surface area contributed by atoms with Gasteiger partial charge < -0.3 is 0 Å². The van der Waals surface area contributed by atoms with Gasteiger partial charge in [-0.1, -0.05) is 53.2 Å². The van der Waals surface area contributed by atoms with Gasteiger partial charge in [0.05, 0.1) is 0 Å². The van der Waals surface area contributed by atoms with Crippen LogP contribution < -0.4 is 0 Å². The molecule has 0 amide bonds. The van der Waals surface area contributed by atoms with Gasteiger partial charge in [0, 0.05) is 0 Å². The first-order valence-corrected chi connectivity index (χ1v) is 5.79. The molecule has 0 aromatic carbocycles. The predicted molar refractivity (Wildman–Crippen MR) is 64.0 cm³/mol. The highest BCUT2D eigenvalue weighted by Gasteiger charge is 2.06. The van der Waals surface area contributed by atoms with Crippen molar-refractivity contribution < 1.29 is 0 Å². The van der Waals surface area contributed by atoms with E-state index in [1.165, 1.54) is 18.4 Å². The highest BCUT2D eigenvalue weighted by molar-refractivity contribution is 5.00. The molecular formula is C13H28. The number of rotatable bonds is 4. The SMILES string of the molecule is CC.CC/C(C)=C/C(CC)C(C)C. The molecule has 1 atom stereocenters. The van der Waals surface area contributed by atoms with Crippen LogP contribution in [-0.2, 0) is 0 Å². The van der Waals surface area contributed by atoms with Crippen molar-refractivity contribution in [3.05, 3.63) is 11.6 Å². The lowest BCUT2D eigenvalue weighted by atomic mass is 9.91. The Labute approximate surface area is 85.4 Å². The van der Waals surface area contributed by atoms with Crippen LogP contribution in [0.2, 0.25) is 0 Å². The summed E-state index contributed by atoms with van der Waals surface area (Å²) >= 11 is 0. The zero-order valence-corrected chi connectivity index (χ0v) is 10.6. The Morgan fingerprint density at radius 3 is 1.85 bits per heavy atom. The van der Waals surface area contributed by atoms with Crippen LogP contribution in [0, 0.1) is 11.8 Å². The second-order valence-corrected chi connectivity index (χ2v) is 3.68. The molecular weight excluding hydrogens is 156 g/mol. The molecule has 0 radical (unpaired) electrons. The fraction of sp³-hybridized carbons (Fsp3) is 0.846. The molecule has 0 N–H and O–H groups in total. The minimum atomic E-state index is 0.787. The van der Waals surface area contributed by atoms with Gasteiger partial charge in [-0.05, 0) is 31.6 Å². The topological polar surface area (TPSA) is 0 Å². The largest absolute Gasteiger partial charge is 0.0823 e. The molecule has 0 aliphatic heterocycles. The molecule has 0 bridgehead atoms. The van der Waals surface area contributed by atoms with Crippen LogP contribution in [0.1, 0.15) is 61.3 Å². The van der Waals surface area contributed by atoms with E-state index >= 15 is 0 Å². The maximum Gasteiger partial charge on any atom is -0.0210 e. The van der Waals surface area contributed by atoms with E-state index < -0.39 is 0 Å². The van der Waals surface area contributed by atoms with E-state index in [0.29, 0.717) is 0 Å². The molecule has 0 aromatic rings. The van der Waals surface area contributed by atoms with Crippen molar-refractivity contribution in [1.29, 1.82) is 0 Å². The third-order valence-corrected chi connectivity index (χ3v) is 2.38. The van der Waals surface area contributed by atoms with Crippen LogP contribution in [0.3, 0.4) is 0 Å². The molecule has 0 nitrogen and oxygen atoms in total. The first-order valence-electron chi connectivity index (χ1n) is 5.79. The molecule has 0 saturated heterocycles. The molecule has 1 unspecified atom stereocenters. The van der Waals surface area contributed by atoms with Crippen molar-refractivity contribution in [1.82, 2.24) is 0 Å². The number of hydrogen-bond donors (Lipinski definition) is 0. The summed E-state index contributed by atoms with van der Waals surface area (Å²) in [6.07, 6.45) is 4.91. The van der Waals surface area contributed by atoms with Gasteiger partial charge in [-0.15, -0.1) is 0 Å². The summed E-state index contributed by atoms with van der Waals surface area (Å²) in [6.45, 7) is 15.3. The zero-order chi connectivity index (χ0) is 10.9. The minimum Gasteiger partial charge on any atom is -0.0823 e. The van der Waals surface area contributed by atoms with Gasteiger partial charge in [0.15, 0.2) is 0 Å². The van der Waals surface area contributed by atoms with E-state index in [1.54, 1.807) is 0 Å². The standard InChI is InChI=1S/C11H22.C2H6/c1-6-10(5)8-11(7-2)9(3)4;1-2/h8-9,11H,6-7H2,1-5H3;1-2H3/b10-8+;. The summed E-state index contributed by atoms with van der Waals surface area (Å²) in [7, 11) is 0.